The van der Waals surface area contributed by atoms with Crippen molar-refractivity contribution in [3.63, 3.8) is 0 Å². The predicted octanol–water partition coefficient (Wildman–Crippen LogP) is 2.59. The monoisotopic (exact) mass is 175 g/mol. The molecule has 1 saturated heterocycles. The zero-order valence-corrected chi connectivity index (χ0v) is 8.43. The molecule has 1 aliphatic rings. The first-order valence-electron chi connectivity index (χ1n) is 5.03. The molecule has 1 heteroatoms. The largest absolute Gasteiger partial charge is 0.308 e. The van der Waals surface area contributed by atoms with Crippen LogP contribution in [-0.2, 0) is 5.54 Å². The Bertz CT molecular complexity index is 298. The maximum atomic E-state index is 3.59. The molecule has 0 bridgehead atoms. The van der Waals surface area contributed by atoms with Crippen LogP contribution < -0.4 is 5.32 Å². The topological polar surface area (TPSA) is 12.0 Å². The van der Waals surface area contributed by atoms with Gasteiger partial charge in [0.2, 0.25) is 0 Å². The third-order valence-corrected chi connectivity index (χ3v) is 3.11. The Kier molecular flexibility index (Phi) is 2.12. The van der Waals surface area contributed by atoms with E-state index in [1.807, 2.05) is 0 Å². The van der Waals surface area contributed by atoms with E-state index in [2.05, 4.69) is 43.4 Å². The molecule has 0 saturated carbocycles. The molecule has 1 atom stereocenters. The van der Waals surface area contributed by atoms with Crippen LogP contribution in [0, 0.1) is 6.92 Å². The minimum atomic E-state index is 0.228. The average Bonchev–Trinajstić information content (AvgIpc) is 2.54. The Balaban J connectivity index is 2.39. The molecule has 0 spiro atoms. The van der Waals surface area contributed by atoms with Crippen molar-refractivity contribution in [2.75, 3.05) is 6.54 Å². The maximum Gasteiger partial charge on any atom is 0.0409 e. The van der Waals surface area contributed by atoms with E-state index in [1.54, 1.807) is 0 Å². The molecule has 1 N–H and O–H groups in total. The minimum absolute atomic E-state index is 0.228. The lowest BCUT2D eigenvalue weighted by Gasteiger charge is -2.26. The van der Waals surface area contributed by atoms with Crippen molar-refractivity contribution in [3.8, 4) is 0 Å². The summed E-state index contributed by atoms with van der Waals surface area (Å²) in [5.74, 6) is 0. The fraction of sp³-hybridized carbons (Fsp3) is 0.500. The highest BCUT2D eigenvalue weighted by molar-refractivity contribution is 5.32. The van der Waals surface area contributed by atoms with E-state index in [1.165, 1.54) is 24.0 Å². The number of nitrogens with one attached hydrogen (secondary N) is 1. The summed E-state index contributed by atoms with van der Waals surface area (Å²) >= 11 is 0. The zero-order chi connectivity index (χ0) is 9.31. The van der Waals surface area contributed by atoms with Crippen LogP contribution in [0.25, 0.3) is 0 Å². The van der Waals surface area contributed by atoms with E-state index < -0.39 is 0 Å². The van der Waals surface area contributed by atoms with Crippen molar-refractivity contribution in [1.82, 2.24) is 5.32 Å². The van der Waals surface area contributed by atoms with E-state index in [4.69, 9.17) is 0 Å². The van der Waals surface area contributed by atoms with Crippen molar-refractivity contribution < 1.29 is 0 Å². The summed E-state index contributed by atoms with van der Waals surface area (Å²) in [6, 6.07) is 8.68. The smallest absolute Gasteiger partial charge is 0.0409 e. The number of aryl methyl sites for hydroxylation is 1. The molecule has 1 aromatic rings. The molecule has 0 amide bonds. The zero-order valence-electron chi connectivity index (χ0n) is 8.43. The van der Waals surface area contributed by atoms with E-state index in [0.717, 1.165) is 6.54 Å². The van der Waals surface area contributed by atoms with Gasteiger partial charge >= 0.3 is 0 Å². The van der Waals surface area contributed by atoms with Gasteiger partial charge in [0.1, 0.15) is 0 Å². The second-order valence-electron chi connectivity index (χ2n) is 4.18. The number of hydrogen-bond donors (Lipinski definition) is 1. The molecule has 1 unspecified atom stereocenters. The minimum Gasteiger partial charge on any atom is -0.308 e. The molecule has 0 aliphatic carbocycles. The Morgan fingerprint density at radius 2 is 2.08 bits per heavy atom. The van der Waals surface area contributed by atoms with Crippen molar-refractivity contribution in [2.24, 2.45) is 0 Å². The lowest BCUT2D eigenvalue weighted by molar-refractivity contribution is 0.432. The second-order valence-corrected chi connectivity index (χ2v) is 4.18. The quantitative estimate of drug-likeness (QED) is 0.691. The number of hydrogen-bond acceptors (Lipinski definition) is 1. The highest BCUT2D eigenvalue weighted by atomic mass is 15.0. The molecule has 0 radical (unpaired) electrons. The third kappa shape index (κ3) is 1.49. The molecule has 0 aromatic heterocycles. The van der Waals surface area contributed by atoms with Gasteiger partial charge in [-0.25, -0.2) is 0 Å². The van der Waals surface area contributed by atoms with Gasteiger partial charge in [0.15, 0.2) is 0 Å². The fourth-order valence-corrected chi connectivity index (χ4v) is 2.32. The number of benzene rings is 1. The second kappa shape index (κ2) is 3.15. The van der Waals surface area contributed by atoms with E-state index in [-0.39, 0.29) is 5.54 Å². The first kappa shape index (κ1) is 8.76. The molecule has 1 aromatic carbocycles. The van der Waals surface area contributed by atoms with Crippen molar-refractivity contribution >= 4 is 0 Å². The van der Waals surface area contributed by atoms with Crippen LogP contribution in [0.4, 0.5) is 0 Å². The first-order valence-corrected chi connectivity index (χ1v) is 5.03. The van der Waals surface area contributed by atoms with Crippen LogP contribution in [0.15, 0.2) is 24.3 Å². The van der Waals surface area contributed by atoms with Crippen molar-refractivity contribution in [1.29, 1.82) is 0 Å². The summed E-state index contributed by atoms with van der Waals surface area (Å²) in [4.78, 5) is 0. The molecule has 13 heavy (non-hydrogen) atoms. The van der Waals surface area contributed by atoms with Gasteiger partial charge in [-0.2, -0.15) is 0 Å². The third-order valence-electron chi connectivity index (χ3n) is 3.11. The molecule has 1 aliphatic heterocycles. The van der Waals surface area contributed by atoms with Crippen LogP contribution in [0.1, 0.15) is 30.9 Å². The van der Waals surface area contributed by atoms with Crippen LogP contribution in [0.3, 0.4) is 0 Å². The Hall–Kier alpha value is -0.820. The van der Waals surface area contributed by atoms with Gasteiger partial charge in [-0.3, -0.25) is 0 Å². The molecule has 1 nitrogen and oxygen atoms in total. The summed E-state index contributed by atoms with van der Waals surface area (Å²) in [7, 11) is 0. The molecular formula is C12H17N. The SMILES string of the molecule is Cc1ccccc1C1(C)CCCN1. The maximum absolute atomic E-state index is 3.59. The lowest BCUT2D eigenvalue weighted by Crippen LogP contribution is -2.33. The van der Waals surface area contributed by atoms with Crippen molar-refractivity contribution in [3.05, 3.63) is 35.4 Å². The van der Waals surface area contributed by atoms with Crippen molar-refractivity contribution in [2.45, 2.75) is 32.2 Å². The highest BCUT2D eigenvalue weighted by Gasteiger charge is 2.30. The van der Waals surface area contributed by atoms with E-state index in [0.29, 0.717) is 0 Å². The molecule has 70 valence electrons. The fourth-order valence-electron chi connectivity index (χ4n) is 2.32. The molecule has 2 rings (SSSR count). The van der Waals surface area contributed by atoms with Gasteiger partial charge in [-0.15, -0.1) is 0 Å². The van der Waals surface area contributed by atoms with Gasteiger partial charge in [-0.05, 0) is 44.4 Å². The van der Waals surface area contributed by atoms with Gasteiger partial charge < -0.3 is 5.32 Å². The van der Waals surface area contributed by atoms with Crippen LogP contribution in [-0.4, -0.2) is 6.54 Å². The van der Waals surface area contributed by atoms with Crippen LogP contribution >= 0.6 is 0 Å². The highest BCUT2D eigenvalue weighted by Crippen LogP contribution is 2.31. The molecule has 1 fully saturated rings. The Labute approximate surface area is 80.2 Å². The van der Waals surface area contributed by atoms with Gasteiger partial charge in [0, 0.05) is 5.54 Å². The summed E-state index contributed by atoms with van der Waals surface area (Å²) in [6.07, 6.45) is 2.56. The molecule has 1 heterocycles. The standard InChI is InChI=1S/C12H17N/c1-10-6-3-4-7-11(10)12(2)8-5-9-13-12/h3-4,6-7,13H,5,8-9H2,1-2H3. The first-order chi connectivity index (χ1) is 6.22. The van der Waals surface area contributed by atoms with Gasteiger partial charge in [0.05, 0.1) is 0 Å². The summed E-state index contributed by atoms with van der Waals surface area (Å²) in [5, 5.41) is 3.59. The average molecular weight is 175 g/mol. The summed E-state index contributed by atoms with van der Waals surface area (Å²) in [5.41, 5.74) is 3.10. The summed E-state index contributed by atoms with van der Waals surface area (Å²) < 4.78 is 0. The normalized spacial score (nSPS) is 27.8. The van der Waals surface area contributed by atoms with Gasteiger partial charge in [-0.1, -0.05) is 24.3 Å². The molecular weight excluding hydrogens is 158 g/mol. The van der Waals surface area contributed by atoms with E-state index in [9.17, 15) is 0 Å². The summed E-state index contributed by atoms with van der Waals surface area (Å²) in [6.45, 7) is 5.66. The predicted molar refractivity (Wildman–Crippen MR) is 55.8 cm³/mol. The Morgan fingerprint density at radius 3 is 2.69 bits per heavy atom. The number of rotatable bonds is 1. The Morgan fingerprint density at radius 1 is 1.31 bits per heavy atom. The van der Waals surface area contributed by atoms with Crippen LogP contribution in [0.5, 0.6) is 0 Å². The van der Waals surface area contributed by atoms with Gasteiger partial charge in [0.25, 0.3) is 0 Å². The van der Waals surface area contributed by atoms with E-state index >= 15 is 0 Å². The lowest BCUT2D eigenvalue weighted by atomic mass is 9.87. The van der Waals surface area contributed by atoms with Crippen LogP contribution in [0.2, 0.25) is 0 Å².